The molecule has 1 fully saturated rings. The molecule has 0 saturated carbocycles. The van der Waals surface area contributed by atoms with Crippen LogP contribution in [0.2, 0.25) is 0 Å². The summed E-state index contributed by atoms with van der Waals surface area (Å²) in [6, 6.07) is 5.12. The molecule has 1 saturated heterocycles. The van der Waals surface area contributed by atoms with Gasteiger partial charge in [0.25, 0.3) is 0 Å². The van der Waals surface area contributed by atoms with Crippen LogP contribution in [-0.2, 0) is 10.0 Å². The van der Waals surface area contributed by atoms with Crippen molar-refractivity contribution in [3.8, 4) is 0 Å². The minimum Gasteiger partial charge on any atom is -0.376 e. The Labute approximate surface area is 125 Å². The van der Waals surface area contributed by atoms with Gasteiger partial charge in [0.1, 0.15) is 0 Å². The van der Waals surface area contributed by atoms with E-state index in [1.165, 1.54) is 0 Å². The average Bonchev–Trinajstić information content (AvgIpc) is 2.41. The largest absolute Gasteiger partial charge is 0.376 e. The Morgan fingerprint density at radius 1 is 1.30 bits per heavy atom. The van der Waals surface area contributed by atoms with Gasteiger partial charge in [-0.15, -0.1) is 0 Å². The Balaban J connectivity index is 2.36. The topological polar surface area (TPSA) is 75.4 Å². The fourth-order valence-corrected chi connectivity index (χ4v) is 4.23. The van der Waals surface area contributed by atoms with Crippen molar-refractivity contribution in [1.29, 1.82) is 0 Å². The molecule has 0 spiro atoms. The minimum atomic E-state index is -3.44. The van der Waals surface area contributed by atoms with Crippen molar-refractivity contribution < 1.29 is 8.42 Å². The first-order valence-electron chi connectivity index (χ1n) is 6.58. The first kappa shape index (κ1) is 15.2. The molecule has 20 heavy (non-hydrogen) atoms. The van der Waals surface area contributed by atoms with Gasteiger partial charge in [0.15, 0.2) is 5.11 Å². The molecule has 0 aromatic heterocycles. The predicted octanol–water partition coefficient (Wildman–Crippen LogP) is 1.83. The van der Waals surface area contributed by atoms with E-state index in [2.05, 4.69) is 5.32 Å². The third-order valence-electron chi connectivity index (χ3n) is 3.39. The normalized spacial score (nSPS) is 16.9. The van der Waals surface area contributed by atoms with Crippen LogP contribution in [0.3, 0.4) is 0 Å². The van der Waals surface area contributed by atoms with Gasteiger partial charge in [-0.1, -0.05) is 12.5 Å². The molecule has 5 nitrogen and oxygen atoms in total. The van der Waals surface area contributed by atoms with E-state index in [0.717, 1.165) is 24.8 Å². The Kier molecular flexibility index (Phi) is 4.62. The summed E-state index contributed by atoms with van der Waals surface area (Å²) in [6.45, 7) is 2.98. The molecule has 1 heterocycles. The van der Waals surface area contributed by atoms with Gasteiger partial charge in [-0.05, 0) is 49.7 Å². The number of thiocarbonyl (C=S) groups is 1. The highest BCUT2D eigenvalue weighted by atomic mass is 32.2. The van der Waals surface area contributed by atoms with Gasteiger partial charge in [-0.3, -0.25) is 0 Å². The Morgan fingerprint density at radius 3 is 2.55 bits per heavy atom. The van der Waals surface area contributed by atoms with Crippen molar-refractivity contribution in [2.24, 2.45) is 5.73 Å². The Morgan fingerprint density at radius 2 is 1.95 bits per heavy atom. The number of hydrogen-bond acceptors (Lipinski definition) is 3. The van der Waals surface area contributed by atoms with Crippen LogP contribution in [0.1, 0.15) is 24.8 Å². The standard InChI is InChI=1S/C13H19N3O2S2/c1-10-5-6-11(15-13(14)19)9-12(10)20(17,18)16-7-3-2-4-8-16/h5-6,9H,2-4,7-8H2,1H3,(H3,14,15,19). The van der Waals surface area contributed by atoms with Crippen molar-refractivity contribution in [3.05, 3.63) is 23.8 Å². The lowest BCUT2D eigenvalue weighted by Gasteiger charge is -2.26. The molecule has 1 aromatic carbocycles. The summed E-state index contributed by atoms with van der Waals surface area (Å²) < 4.78 is 26.9. The molecule has 1 aliphatic rings. The number of nitrogens with one attached hydrogen (secondary N) is 1. The van der Waals surface area contributed by atoms with Gasteiger partial charge < -0.3 is 11.1 Å². The van der Waals surface area contributed by atoms with E-state index in [0.29, 0.717) is 23.7 Å². The second-order valence-corrected chi connectivity index (χ2v) is 7.28. The molecule has 0 bridgehead atoms. The number of nitrogens with zero attached hydrogens (tertiary/aromatic N) is 1. The van der Waals surface area contributed by atoms with Crippen LogP contribution in [-0.4, -0.2) is 30.9 Å². The quantitative estimate of drug-likeness (QED) is 0.833. The van der Waals surface area contributed by atoms with Gasteiger partial charge in [0.05, 0.1) is 4.90 Å². The van der Waals surface area contributed by atoms with Crippen molar-refractivity contribution >= 4 is 33.0 Å². The molecule has 0 atom stereocenters. The molecule has 0 radical (unpaired) electrons. The molecular formula is C13H19N3O2S2. The number of aryl methyl sites for hydroxylation is 1. The number of piperidine rings is 1. The summed E-state index contributed by atoms with van der Waals surface area (Å²) in [6.07, 6.45) is 2.93. The third-order valence-corrected chi connectivity index (χ3v) is 5.53. The average molecular weight is 313 g/mol. The monoisotopic (exact) mass is 313 g/mol. The van der Waals surface area contributed by atoms with Gasteiger partial charge in [-0.2, -0.15) is 4.31 Å². The molecule has 2 rings (SSSR count). The van der Waals surface area contributed by atoms with Crippen LogP contribution in [0, 0.1) is 6.92 Å². The van der Waals surface area contributed by atoms with E-state index < -0.39 is 10.0 Å². The highest BCUT2D eigenvalue weighted by molar-refractivity contribution is 7.89. The first-order chi connectivity index (χ1) is 9.41. The van der Waals surface area contributed by atoms with Gasteiger partial charge in [-0.25, -0.2) is 8.42 Å². The smallest absolute Gasteiger partial charge is 0.243 e. The van der Waals surface area contributed by atoms with Crippen LogP contribution in [0.25, 0.3) is 0 Å². The summed E-state index contributed by atoms with van der Waals surface area (Å²) in [7, 11) is -3.44. The van der Waals surface area contributed by atoms with Gasteiger partial charge in [0, 0.05) is 18.8 Å². The maximum atomic E-state index is 12.7. The third kappa shape index (κ3) is 3.28. The lowest BCUT2D eigenvalue weighted by Crippen LogP contribution is -2.36. The second-order valence-electron chi connectivity index (χ2n) is 4.93. The number of anilines is 1. The highest BCUT2D eigenvalue weighted by Gasteiger charge is 2.27. The van der Waals surface area contributed by atoms with Crippen LogP contribution < -0.4 is 11.1 Å². The van der Waals surface area contributed by atoms with Crippen molar-refractivity contribution in [2.75, 3.05) is 18.4 Å². The summed E-state index contributed by atoms with van der Waals surface area (Å²) >= 11 is 4.78. The predicted molar refractivity (Wildman–Crippen MR) is 84.2 cm³/mol. The molecular weight excluding hydrogens is 294 g/mol. The fraction of sp³-hybridized carbons (Fsp3) is 0.462. The number of rotatable bonds is 3. The first-order valence-corrected chi connectivity index (χ1v) is 8.43. The number of sulfonamides is 1. The Bertz CT molecular complexity index is 608. The van der Waals surface area contributed by atoms with E-state index in [-0.39, 0.29) is 5.11 Å². The van der Waals surface area contributed by atoms with Crippen molar-refractivity contribution in [3.63, 3.8) is 0 Å². The fourth-order valence-electron chi connectivity index (χ4n) is 2.34. The SMILES string of the molecule is Cc1ccc(NC(N)=S)cc1S(=O)(=O)N1CCCCC1. The number of nitrogens with two attached hydrogens (primary N) is 1. The van der Waals surface area contributed by atoms with E-state index in [1.54, 1.807) is 29.4 Å². The van der Waals surface area contributed by atoms with Crippen LogP contribution in [0.5, 0.6) is 0 Å². The number of benzene rings is 1. The van der Waals surface area contributed by atoms with Gasteiger partial charge in [0.2, 0.25) is 10.0 Å². The summed E-state index contributed by atoms with van der Waals surface area (Å²) in [5.41, 5.74) is 6.75. The molecule has 110 valence electrons. The van der Waals surface area contributed by atoms with E-state index in [9.17, 15) is 8.42 Å². The second kappa shape index (κ2) is 6.07. The molecule has 1 aromatic rings. The summed E-state index contributed by atoms with van der Waals surface area (Å²) in [4.78, 5) is 0.320. The van der Waals surface area contributed by atoms with E-state index in [1.807, 2.05) is 0 Å². The zero-order chi connectivity index (χ0) is 14.8. The van der Waals surface area contributed by atoms with Gasteiger partial charge >= 0.3 is 0 Å². The lowest BCUT2D eigenvalue weighted by molar-refractivity contribution is 0.346. The molecule has 0 amide bonds. The molecule has 3 N–H and O–H groups in total. The summed E-state index contributed by atoms with van der Waals surface area (Å²) in [5.74, 6) is 0. The maximum absolute atomic E-state index is 12.7. The minimum absolute atomic E-state index is 0.121. The van der Waals surface area contributed by atoms with Crippen molar-refractivity contribution in [2.45, 2.75) is 31.1 Å². The zero-order valence-electron chi connectivity index (χ0n) is 11.4. The Hall–Kier alpha value is -1.18. The zero-order valence-corrected chi connectivity index (χ0v) is 13.1. The summed E-state index contributed by atoms with van der Waals surface area (Å²) in [5, 5.41) is 2.89. The lowest BCUT2D eigenvalue weighted by atomic mass is 10.2. The molecule has 7 heteroatoms. The molecule has 0 aliphatic carbocycles. The van der Waals surface area contributed by atoms with Crippen molar-refractivity contribution in [1.82, 2.24) is 4.31 Å². The van der Waals surface area contributed by atoms with Crippen LogP contribution >= 0.6 is 12.2 Å². The van der Waals surface area contributed by atoms with E-state index >= 15 is 0 Å². The molecule has 1 aliphatic heterocycles. The van der Waals surface area contributed by atoms with E-state index in [4.69, 9.17) is 18.0 Å². The highest BCUT2D eigenvalue weighted by Crippen LogP contribution is 2.25. The molecule has 0 unspecified atom stereocenters. The maximum Gasteiger partial charge on any atom is 0.243 e. The van der Waals surface area contributed by atoms with Crippen LogP contribution in [0.15, 0.2) is 23.1 Å². The number of hydrogen-bond donors (Lipinski definition) is 2. The van der Waals surface area contributed by atoms with Crippen LogP contribution in [0.4, 0.5) is 5.69 Å².